The first-order valence-corrected chi connectivity index (χ1v) is 10.5. The van der Waals surface area contributed by atoms with Crippen molar-refractivity contribution in [2.24, 2.45) is 5.92 Å². The number of carbonyl (C=O) groups excluding carboxylic acids is 2. The summed E-state index contributed by atoms with van der Waals surface area (Å²) in [5.74, 6) is 0.283. The van der Waals surface area contributed by atoms with Gasteiger partial charge in [-0.05, 0) is 60.2 Å². The smallest absolute Gasteiger partial charge is 0.248 e. The topological polar surface area (TPSA) is 91.0 Å². The van der Waals surface area contributed by atoms with Gasteiger partial charge in [0.15, 0.2) is 0 Å². The molecule has 1 fully saturated rings. The predicted molar refractivity (Wildman–Crippen MR) is 118 cm³/mol. The molecule has 0 unspecified atom stereocenters. The summed E-state index contributed by atoms with van der Waals surface area (Å²) in [6.45, 7) is 1.40. The molecule has 2 N–H and O–H groups in total. The van der Waals surface area contributed by atoms with Crippen LogP contribution in [0.2, 0.25) is 0 Å². The number of hydrogen-bond donors (Lipinski definition) is 2. The molecule has 0 saturated heterocycles. The minimum Gasteiger partial charge on any atom is -0.338 e. The third kappa shape index (κ3) is 4.26. The number of pyridine rings is 1. The third-order valence-corrected chi connectivity index (χ3v) is 5.80. The van der Waals surface area contributed by atoms with E-state index in [0.717, 1.165) is 53.7 Å². The fourth-order valence-corrected chi connectivity index (χ4v) is 3.96. The highest BCUT2D eigenvalue weighted by molar-refractivity contribution is 6.02. The Morgan fingerprint density at radius 1 is 1.16 bits per heavy atom. The Labute approximate surface area is 180 Å². The van der Waals surface area contributed by atoms with Crippen LogP contribution in [-0.2, 0) is 22.6 Å². The summed E-state index contributed by atoms with van der Waals surface area (Å²) in [6, 6.07) is 7.84. The van der Waals surface area contributed by atoms with Crippen molar-refractivity contribution >= 4 is 23.6 Å². The van der Waals surface area contributed by atoms with E-state index < -0.39 is 0 Å². The van der Waals surface area contributed by atoms with Crippen molar-refractivity contribution < 1.29 is 9.59 Å². The van der Waals surface area contributed by atoms with Crippen LogP contribution >= 0.6 is 0 Å². The Bertz CT molecular complexity index is 1150. The van der Waals surface area contributed by atoms with Crippen molar-refractivity contribution in [2.45, 2.75) is 25.8 Å². The van der Waals surface area contributed by atoms with Gasteiger partial charge in [-0.1, -0.05) is 6.07 Å². The molecular formula is C24H23N5O2. The molecule has 31 heavy (non-hydrogen) atoms. The molecule has 0 bridgehead atoms. The monoisotopic (exact) mass is 413 g/mol. The van der Waals surface area contributed by atoms with Gasteiger partial charge in [-0.15, -0.1) is 0 Å². The van der Waals surface area contributed by atoms with Gasteiger partial charge in [0.1, 0.15) is 0 Å². The quantitative estimate of drug-likeness (QED) is 0.627. The number of nitrogens with one attached hydrogen (secondary N) is 2. The summed E-state index contributed by atoms with van der Waals surface area (Å²) in [7, 11) is 0. The molecule has 2 amide bonds. The second kappa shape index (κ2) is 8.18. The van der Waals surface area contributed by atoms with Crippen LogP contribution in [0.3, 0.4) is 0 Å². The fraction of sp³-hybridized carbons (Fsp3) is 0.250. The second-order valence-corrected chi connectivity index (χ2v) is 8.04. The zero-order chi connectivity index (χ0) is 21.2. The van der Waals surface area contributed by atoms with Crippen molar-refractivity contribution in [3.63, 3.8) is 0 Å². The predicted octanol–water partition coefficient (Wildman–Crippen LogP) is 3.42. The number of aromatic amines is 1. The molecule has 1 aliphatic carbocycles. The molecule has 2 aromatic heterocycles. The molecule has 0 radical (unpaired) electrons. The maximum atomic E-state index is 12.5. The van der Waals surface area contributed by atoms with Crippen molar-refractivity contribution in [3.05, 3.63) is 71.8 Å². The average molecular weight is 413 g/mol. The molecule has 5 rings (SSSR count). The third-order valence-electron chi connectivity index (χ3n) is 5.80. The summed E-state index contributed by atoms with van der Waals surface area (Å²) < 4.78 is 0. The first-order chi connectivity index (χ1) is 15.2. The van der Waals surface area contributed by atoms with Crippen LogP contribution in [0.5, 0.6) is 0 Å². The molecule has 7 nitrogen and oxygen atoms in total. The molecule has 1 saturated carbocycles. The Balaban J connectivity index is 1.28. The summed E-state index contributed by atoms with van der Waals surface area (Å²) in [5, 5.41) is 9.71. The van der Waals surface area contributed by atoms with Gasteiger partial charge in [-0.3, -0.25) is 19.7 Å². The van der Waals surface area contributed by atoms with Crippen LogP contribution in [0.1, 0.15) is 29.5 Å². The van der Waals surface area contributed by atoms with Gasteiger partial charge in [-0.25, -0.2) is 0 Å². The lowest BCUT2D eigenvalue weighted by Gasteiger charge is -2.29. The number of nitrogens with zero attached hydrogens (tertiary/aromatic N) is 3. The Morgan fingerprint density at radius 2 is 2.06 bits per heavy atom. The minimum absolute atomic E-state index is 0.219. The van der Waals surface area contributed by atoms with Crippen molar-refractivity contribution in [1.82, 2.24) is 20.1 Å². The van der Waals surface area contributed by atoms with Crippen LogP contribution < -0.4 is 5.32 Å². The molecular weight excluding hydrogens is 390 g/mol. The van der Waals surface area contributed by atoms with Gasteiger partial charge < -0.3 is 10.2 Å². The van der Waals surface area contributed by atoms with E-state index in [2.05, 4.69) is 20.5 Å². The largest absolute Gasteiger partial charge is 0.338 e. The van der Waals surface area contributed by atoms with Crippen molar-refractivity contribution in [2.75, 3.05) is 11.9 Å². The number of H-pyrrole nitrogens is 1. The normalized spacial score (nSPS) is 15.7. The number of hydrogen-bond acceptors (Lipinski definition) is 4. The summed E-state index contributed by atoms with van der Waals surface area (Å²) in [4.78, 5) is 31.0. The lowest BCUT2D eigenvalue weighted by Crippen LogP contribution is -2.36. The van der Waals surface area contributed by atoms with Crippen LogP contribution in [0.15, 0.2) is 55.1 Å². The van der Waals surface area contributed by atoms with Crippen LogP contribution in [-0.4, -0.2) is 38.4 Å². The molecule has 3 heterocycles. The number of amides is 2. The Morgan fingerprint density at radius 3 is 2.87 bits per heavy atom. The summed E-state index contributed by atoms with van der Waals surface area (Å²) >= 11 is 0. The number of rotatable bonds is 5. The highest BCUT2D eigenvalue weighted by Gasteiger charge is 2.34. The number of aromatic nitrogens is 3. The van der Waals surface area contributed by atoms with E-state index in [1.54, 1.807) is 30.9 Å². The van der Waals surface area contributed by atoms with Crippen LogP contribution in [0, 0.1) is 5.92 Å². The molecule has 0 atom stereocenters. The minimum atomic E-state index is -0.219. The van der Waals surface area contributed by atoms with Crippen LogP contribution in [0.4, 0.5) is 5.69 Å². The average Bonchev–Trinajstić information content (AvgIpc) is 3.51. The van der Waals surface area contributed by atoms with E-state index in [0.29, 0.717) is 6.54 Å². The van der Waals surface area contributed by atoms with E-state index in [9.17, 15) is 9.59 Å². The zero-order valence-corrected chi connectivity index (χ0v) is 17.0. The van der Waals surface area contributed by atoms with E-state index in [1.165, 1.54) is 11.6 Å². The molecule has 0 spiro atoms. The van der Waals surface area contributed by atoms with Gasteiger partial charge in [-0.2, -0.15) is 5.10 Å². The number of anilines is 1. The maximum absolute atomic E-state index is 12.5. The Kier molecular flexibility index (Phi) is 5.08. The molecule has 2 aliphatic rings. The molecule has 156 valence electrons. The van der Waals surface area contributed by atoms with Crippen LogP contribution in [0.25, 0.3) is 17.2 Å². The molecule has 3 aromatic rings. The molecule has 7 heteroatoms. The van der Waals surface area contributed by atoms with Gasteiger partial charge >= 0.3 is 0 Å². The number of fused-ring (bicyclic) bond motifs is 1. The second-order valence-electron chi connectivity index (χ2n) is 8.04. The van der Waals surface area contributed by atoms with Gasteiger partial charge in [0, 0.05) is 60.5 Å². The van der Waals surface area contributed by atoms with Gasteiger partial charge in [0.25, 0.3) is 0 Å². The summed E-state index contributed by atoms with van der Waals surface area (Å²) in [5.41, 5.74) is 5.79. The first-order valence-electron chi connectivity index (χ1n) is 10.5. The van der Waals surface area contributed by atoms with E-state index in [-0.39, 0.29) is 17.7 Å². The highest BCUT2D eigenvalue weighted by atomic mass is 16.2. The van der Waals surface area contributed by atoms with Gasteiger partial charge in [0.2, 0.25) is 11.8 Å². The lowest BCUT2D eigenvalue weighted by molar-refractivity contribution is -0.133. The molecule has 1 aromatic carbocycles. The van der Waals surface area contributed by atoms with Crippen molar-refractivity contribution in [1.29, 1.82) is 0 Å². The van der Waals surface area contributed by atoms with E-state index >= 15 is 0 Å². The standard InChI is InChI=1S/C24H23N5O2/c30-23(6-4-18-12-25-9-7-22(18)20-13-26-27-14-20)28-21-5-3-16-8-10-29(15-19(16)11-21)24(31)17-1-2-17/h3-7,9,11-14,17H,1-2,8,10,15H2,(H,26,27)(H,28,30)/b6-4+. The highest BCUT2D eigenvalue weighted by Crippen LogP contribution is 2.33. The SMILES string of the molecule is O=C(/C=C/c1cnccc1-c1cn[nH]c1)Nc1ccc2c(c1)CN(C(=O)C1CC1)CC2. The number of carbonyl (C=O) groups is 2. The van der Waals surface area contributed by atoms with Gasteiger partial charge in [0.05, 0.1) is 6.20 Å². The first kappa shape index (κ1) is 19.2. The Hall–Kier alpha value is -3.74. The fourth-order valence-electron chi connectivity index (χ4n) is 3.96. The van der Waals surface area contributed by atoms with Crippen molar-refractivity contribution in [3.8, 4) is 11.1 Å². The number of benzene rings is 1. The summed E-state index contributed by atoms with van der Waals surface area (Å²) in [6.07, 6.45) is 13.1. The zero-order valence-electron chi connectivity index (χ0n) is 17.0. The maximum Gasteiger partial charge on any atom is 0.248 e. The van der Waals surface area contributed by atoms with E-state index in [4.69, 9.17) is 0 Å². The lowest BCUT2D eigenvalue weighted by atomic mass is 9.98. The molecule has 1 aliphatic heterocycles. The van der Waals surface area contributed by atoms with E-state index in [1.807, 2.05) is 29.2 Å².